The molecule has 0 amide bonds. The van der Waals surface area contributed by atoms with Gasteiger partial charge in [0.15, 0.2) is 0 Å². The highest BCUT2D eigenvalue weighted by Crippen LogP contribution is 2.12. The van der Waals surface area contributed by atoms with Gasteiger partial charge >= 0.3 is 0 Å². The smallest absolute Gasteiger partial charge is 0.269 e. The van der Waals surface area contributed by atoms with Gasteiger partial charge in [0.25, 0.3) is 5.69 Å². The van der Waals surface area contributed by atoms with Crippen LogP contribution in [0.3, 0.4) is 0 Å². The SMILES string of the molecule is CC(=NCCO)c1ccc([N+](=O)[O-])cc1. The molecule has 15 heavy (non-hydrogen) atoms. The molecular formula is C10H12N2O3. The summed E-state index contributed by atoms with van der Waals surface area (Å²) in [5.41, 5.74) is 1.65. The van der Waals surface area contributed by atoms with Crippen LogP contribution in [0, 0.1) is 10.1 Å². The zero-order valence-electron chi connectivity index (χ0n) is 8.38. The molecule has 0 aliphatic rings. The van der Waals surface area contributed by atoms with Crippen molar-refractivity contribution in [3.8, 4) is 0 Å². The van der Waals surface area contributed by atoms with Crippen LogP contribution in [0.2, 0.25) is 0 Å². The average Bonchev–Trinajstić information content (AvgIpc) is 2.26. The third-order valence-corrected chi connectivity index (χ3v) is 1.94. The van der Waals surface area contributed by atoms with E-state index in [9.17, 15) is 10.1 Å². The Morgan fingerprint density at radius 3 is 2.53 bits per heavy atom. The van der Waals surface area contributed by atoms with Crippen LogP contribution in [-0.4, -0.2) is 28.9 Å². The highest BCUT2D eigenvalue weighted by atomic mass is 16.6. The predicted octanol–water partition coefficient (Wildman–Crippen LogP) is 1.40. The summed E-state index contributed by atoms with van der Waals surface area (Å²) in [6.45, 7) is 2.16. The number of nitro benzene ring substituents is 1. The molecule has 0 aliphatic carbocycles. The summed E-state index contributed by atoms with van der Waals surface area (Å²) in [6.07, 6.45) is 0. The number of non-ortho nitro benzene ring substituents is 1. The van der Waals surface area contributed by atoms with E-state index in [4.69, 9.17) is 5.11 Å². The molecule has 0 bridgehead atoms. The Kier molecular flexibility index (Phi) is 3.93. The number of aliphatic hydroxyl groups is 1. The van der Waals surface area contributed by atoms with Crippen molar-refractivity contribution in [1.82, 2.24) is 0 Å². The topological polar surface area (TPSA) is 75.7 Å². The zero-order chi connectivity index (χ0) is 11.3. The first-order valence-corrected chi connectivity index (χ1v) is 4.52. The number of benzene rings is 1. The van der Waals surface area contributed by atoms with Gasteiger partial charge in [-0.05, 0) is 24.6 Å². The third-order valence-electron chi connectivity index (χ3n) is 1.94. The van der Waals surface area contributed by atoms with E-state index >= 15 is 0 Å². The van der Waals surface area contributed by atoms with Crippen molar-refractivity contribution >= 4 is 11.4 Å². The van der Waals surface area contributed by atoms with Crippen molar-refractivity contribution in [2.45, 2.75) is 6.92 Å². The van der Waals surface area contributed by atoms with Crippen molar-refractivity contribution in [2.24, 2.45) is 4.99 Å². The first kappa shape index (κ1) is 11.3. The van der Waals surface area contributed by atoms with Crippen LogP contribution < -0.4 is 0 Å². The molecule has 0 heterocycles. The quantitative estimate of drug-likeness (QED) is 0.461. The van der Waals surface area contributed by atoms with Gasteiger partial charge in [0, 0.05) is 17.8 Å². The Morgan fingerprint density at radius 1 is 1.47 bits per heavy atom. The first-order chi connectivity index (χ1) is 7.15. The van der Waals surface area contributed by atoms with Crippen LogP contribution in [-0.2, 0) is 0 Å². The molecule has 80 valence electrons. The molecule has 0 aliphatic heterocycles. The minimum atomic E-state index is -0.440. The molecule has 1 aromatic carbocycles. The van der Waals surface area contributed by atoms with E-state index in [1.54, 1.807) is 19.1 Å². The molecule has 0 spiro atoms. The molecular weight excluding hydrogens is 196 g/mol. The monoisotopic (exact) mass is 208 g/mol. The maximum Gasteiger partial charge on any atom is 0.269 e. The lowest BCUT2D eigenvalue weighted by Crippen LogP contribution is -1.98. The van der Waals surface area contributed by atoms with Crippen molar-refractivity contribution in [2.75, 3.05) is 13.2 Å². The summed E-state index contributed by atoms with van der Waals surface area (Å²) in [5, 5.41) is 19.0. The van der Waals surface area contributed by atoms with Gasteiger partial charge in [0.1, 0.15) is 0 Å². The summed E-state index contributed by atoms with van der Waals surface area (Å²) in [4.78, 5) is 14.0. The molecule has 5 heteroatoms. The number of hydrogen-bond acceptors (Lipinski definition) is 4. The maximum atomic E-state index is 10.4. The number of hydrogen-bond donors (Lipinski definition) is 1. The summed E-state index contributed by atoms with van der Waals surface area (Å²) < 4.78 is 0. The average molecular weight is 208 g/mol. The standard InChI is InChI=1S/C10H12N2O3/c1-8(11-6-7-13)9-2-4-10(5-3-9)12(14)15/h2-5,13H,6-7H2,1H3. The second-order valence-corrected chi connectivity index (χ2v) is 2.99. The third kappa shape index (κ3) is 3.14. The Bertz CT molecular complexity index is 371. The Hall–Kier alpha value is -1.75. The molecule has 0 aromatic heterocycles. The van der Waals surface area contributed by atoms with E-state index in [0.29, 0.717) is 6.54 Å². The van der Waals surface area contributed by atoms with Gasteiger partial charge in [0.05, 0.1) is 18.1 Å². The van der Waals surface area contributed by atoms with Crippen LogP contribution in [0.4, 0.5) is 5.69 Å². The van der Waals surface area contributed by atoms with Gasteiger partial charge in [-0.25, -0.2) is 0 Å². The summed E-state index contributed by atoms with van der Waals surface area (Å²) in [5.74, 6) is 0. The summed E-state index contributed by atoms with van der Waals surface area (Å²) >= 11 is 0. The summed E-state index contributed by atoms with van der Waals surface area (Å²) in [6, 6.07) is 6.17. The van der Waals surface area contributed by atoms with Gasteiger partial charge < -0.3 is 5.11 Å². The Balaban J connectivity index is 2.84. The lowest BCUT2D eigenvalue weighted by molar-refractivity contribution is -0.384. The fourth-order valence-electron chi connectivity index (χ4n) is 1.13. The Morgan fingerprint density at radius 2 is 2.07 bits per heavy atom. The number of rotatable bonds is 4. The highest BCUT2D eigenvalue weighted by molar-refractivity contribution is 5.98. The van der Waals surface area contributed by atoms with E-state index < -0.39 is 4.92 Å². The number of aliphatic hydroxyl groups excluding tert-OH is 1. The molecule has 0 atom stereocenters. The fourth-order valence-corrected chi connectivity index (χ4v) is 1.13. The maximum absolute atomic E-state index is 10.4. The van der Waals surface area contributed by atoms with Crippen LogP contribution in [0.5, 0.6) is 0 Å². The van der Waals surface area contributed by atoms with Gasteiger partial charge in [-0.1, -0.05) is 0 Å². The van der Waals surface area contributed by atoms with Gasteiger partial charge in [-0.3, -0.25) is 15.1 Å². The van der Waals surface area contributed by atoms with Crippen molar-refractivity contribution in [3.05, 3.63) is 39.9 Å². The van der Waals surface area contributed by atoms with Crippen molar-refractivity contribution in [3.63, 3.8) is 0 Å². The zero-order valence-corrected chi connectivity index (χ0v) is 8.38. The second kappa shape index (κ2) is 5.21. The van der Waals surface area contributed by atoms with Crippen LogP contribution in [0.15, 0.2) is 29.3 Å². The number of nitro groups is 1. The highest BCUT2D eigenvalue weighted by Gasteiger charge is 2.04. The van der Waals surface area contributed by atoms with E-state index in [1.165, 1.54) is 12.1 Å². The second-order valence-electron chi connectivity index (χ2n) is 2.99. The molecule has 1 N–H and O–H groups in total. The molecule has 1 aromatic rings. The molecule has 0 saturated heterocycles. The molecule has 0 radical (unpaired) electrons. The molecule has 5 nitrogen and oxygen atoms in total. The van der Waals surface area contributed by atoms with Gasteiger partial charge in [-0.15, -0.1) is 0 Å². The largest absolute Gasteiger partial charge is 0.394 e. The Labute approximate surface area is 87.2 Å². The minimum Gasteiger partial charge on any atom is -0.394 e. The lowest BCUT2D eigenvalue weighted by atomic mass is 10.1. The molecule has 0 fully saturated rings. The predicted molar refractivity (Wildman–Crippen MR) is 57.3 cm³/mol. The minimum absolute atomic E-state index is 0.00429. The lowest BCUT2D eigenvalue weighted by Gasteiger charge is -1.99. The number of nitrogens with zero attached hydrogens (tertiary/aromatic N) is 2. The van der Waals surface area contributed by atoms with E-state index in [-0.39, 0.29) is 12.3 Å². The van der Waals surface area contributed by atoms with Gasteiger partial charge in [-0.2, -0.15) is 0 Å². The van der Waals surface area contributed by atoms with Gasteiger partial charge in [0.2, 0.25) is 0 Å². The molecule has 0 unspecified atom stereocenters. The number of aliphatic imine (C=N–C) groups is 1. The van der Waals surface area contributed by atoms with E-state index in [2.05, 4.69) is 4.99 Å². The van der Waals surface area contributed by atoms with Crippen molar-refractivity contribution in [1.29, 1.82) is 0 Å². The van der Waals surface area contributed by atoms with E-state index in [1.807, 2.05) is 0 Å². The fraction of sp³-hybridized carbons (Fsp3) is 0.300. The molecule has 0 saturated carbocycles. The first-order valence-electron chi connectivity index (χ1n) is 4.52. The normalized spacial score (nSPS) is 11.5. The molecule has 1 rings (SSSR count). The van der Waals surface area contributed by atoms with Crippen LogP contribution in [0.25, 0.3) is 0 Å². The van der Waals surface area contributed by atoms with Crippen LogP contribution >= 0.6 is 0 Å². The van der Waals surface area contributed by atoms with Crippen LogP contribution in [0.1, 0.15) is 12.5 Å². The van der Waals surface area contributed by atoms with Crippen molar-refractivity contribution < 1.29 is 10.0 Å². The van der Waals surface area contributed by atoms with E-state index in [0.717, 1.165) is 11.3 Å². The summed E-state index contributed by atoms with van der Waals surface area (Å²) in [7, 11) is 0.